The molecule has 3 aliphatic rings. The minimum absolute atomic E-state index is 0.421. The molecule has 1 amide bonds. The third-order valence-electron chi connectivity index (χ3n) is 5.51. The summed E-state index contributed by atoms with van der Waals surface area (Å²) in [4.78, 5) is 14.5. The van der Waals surface area contributed by atoms with Crippen molar-refractivity contribution in [3.8, 4) is 0 Å². The van der Waals surface area contributed by atoms with Crippen molar-refractivity contribution in [1.82, 2.24) is 10.2 Å². The van der Waals surface area contributed by atoms with E-state index in [0.717, 1.165) is 44.2 Å². The molecule has 0 bridgehead atoms. The predicted molar refractivity (Wildman–Crippen MR) is 81.5 cm³/mol. The Morgan fingerprint density at radius 2 is 1.75 bits per heavy atom. The van der Waals surface area contributed by atoms with Gasteiger partial charge in [0.05, 0.1) is 0 Å². The second-order valence-corrected chi connectivity index (χ2v) is 7.50. The third kappa shape index (κ3) is 3.97. The summed E-state index contributed by atoms with van der Waals surface area (Å²) in [5, 5.41) is 3.68. The Labute approximate surface area is 123 Å². The number of rotatable bonds is 5. The highest BCUT2D eigenvalue weighted by Crippen LogP contribution is 2.33. The Hall–Kier alpha value is -0.570. The Morgan fingerprint density at radius 1 is 1.05 bits per heavy atom. The first-order valence-electron chi connectivity index (χ1n) is 8.72. The first kappa shape index (κ1) is 14.4. The molecular formula is C17H30N2O. The highest BCUT2D eigenvalue weighted by molar-refractivity contribution is 5.76. The molecule has 2 unspecified atom stereocenters. The monoisotopic (exact) mass is 278 g/mol. The van der Waals surface area contributed by atoms with Gasteiger partial charge in [-0.25, -0.2) is 0 Å². The maximum Gasteiger partial charge on any atom is 0.222 e. The fourth-order valence-corrected chi connectivity index (χ4v) is 3.87. The van der Waals surface area contributed by atoms with Crippen LogP contribution in [0.3, 0.4) is 0 Å². The minimum atomic E-state index is 0.421. The number of hydrogen-bond donors (Lipinski definition) is 1. The maximum absolute atomic E-state index is 12.3. The lowest BCUT2D eigenvalue weighted by Gasteiger charge is -2.33. The molecular weight excluding hydrogens is 248 g/mol. The zero-order chi connectivity index (χ0) is 13.9. The summed E-state index contributed by atoms with van der Waals surface area (Å²) < 4.78 is 0. The number of hydrogen-bond acceptors (Lipinski definition) is 2. The Balaban J connectivity index is 1.35. The standard InChI is InChI=1S/C17H30N2O/c1-13-2-3-15(10-13)11-17(20)19-8-6-16(7-9-19)18-12-14-4-5-14/h13-16,18H,2-12H2,1H3. The average molecular weight is 278 g/mol. The van der Waals surface area contributed by atoms with Crippen LogP contribution in [-0.4, -0.2) is 36.5 Å². The van der Waals surface area contributed by atoms with Crippen LogP contribution in [0.1, 0.15) is 58.3 Å². The van der Waals surface area contributed by atoms with Gasteiger partial charge in [-0.05, 0) is 62.8 Å². The van der Waals surface area contributed by atoms with Crippen molar-refractivity contribution in [1.29, 1.82) is 0 Å². The second-order valence-electron chi connectivity index (χ2n) is 7.50. The summed E-state index contributed by atoms with van der Waals surface area (Å²) in [6, 6.07) is 0.658. The normalized spacial score (nSPS) is 31.8. The lowest BCUT2D eigenvalue weighted by atomic mass is 9.99. The van der Waals surface area contributed by atoms with E-state index in [1.807, 2.05) is 0 Å². The second kappa shape index (κ2) is 6.46. The molecule has 2 aliphatic carbocycles. The molecule has 2 saturated carbocycles. The van der Waals surface area contributed by atoms with Gasteiger partial charge in [-0.1, -0.05) is 13.3 Å². The lowest BCUT2D eigenvalue weighted by molar-refractivity contribution is -0.133. The molecule has 0 aromatic heterocycles. The Kier molecular flexibility index (Phi) is 4.65. The van der Waals surface area contributed by atoms with E-state index in [0.29, 0.717) is 17.9 Å². The molecule has 3 fully saturated rings. The molecule has 1 aliphatic heterocycles. The van der Waals surface area contributed by atoms with E-state index in [1.54, 1.807) is 0 Å². The molecule has 1 saturated heterocycles. The van der Waals surface area contributed by atoms with Gasteiger partial charge < -0.3 is 10.2 Å². The van der Waals surface area contributed by atoms with Gasteiger partial charge in [0, 0.05) is 25.6 Å². The summed E-state index contributed by atoms with van der Waals surface area (Å²) in [5.41, 5.74) is 0. The average Bonchev–Trinajstić information content (AvgIpc) is 3.20. The fourth-order valence-electron chi connectivity index (χ4n) is 3.87. The van der Waals surface area contributed by atoms with Crippen LogP contribution in [0, 0.1) is 17.8 Å². The van der Waals surface area contributed by atoms with Crippen LogP contribution in [0.5, 0.6) is 0 Å². The molecule has 3 heteroatoms. The zero-order valence-corrected chi connectivity index (χ0v) is 12.9. The number of carbonyl (C=O) groups excluding carboxylic acids is 1. The Bertz CT molecular complexity index is 332. The highest BCUT2D eigenvalue weighted by Gasteiger charge is 2.28. The van der Waals surface area contributed by atoms with Crippen molar-refractivity contribution in [3.05, 3.63) is 0 Å². The van der Waals surface area contributed by atoms with E-state index in [2.05, 4.69) is 17.1 Å². The van der Waals surface area contributed by atoms with Gasteiger partial charge in [0.25, 0.3) is 0 Å². The summed E-state index contributed by atoms with van der Waals surface area (Å²) in [6.45, 7) is 5.48. The zero-order valence-electron chi connectivity index (χ0n) is 12.9. The van der Waals surface area contributed by atoms with Gasteiger partial charge in [-0.3, -0.25) is 4.79 Å². The van der Waals surface area contributed by atoms with Crippen LogP contribution in [-0.2, 0) is 4.79 Å². The molecule has 0 aromatic carbocycles. The SMILES string of the molecule is CC1CCC(CC(=O)N2CCC(NCC3CC3)CC2)C1. The molecule has 0 radical (unpaired) electrons. The molecule has 2 atom stereocenters. The first-order valence-corrected chi connectivity index (χ1v) is 8.72. The topological polar surface area (TPSA) is 32.3 Å². The van der Waals surface area contributed by atoms with Crippen LogP contribution in [0.2, 0.25) is 0 Å². The van der Waals surface area contributed by atoms with Gasteiger partial charge in [-0.15, -0.1) is 0 Å². The van der Waals surface area contributed by atoms with Crippen molar-refractivity contribution >= 4 is 5.91 Å². The van der Waals surface area contributed by atoms with Crippen LogP contribution in [0.15, 0.2) is 0 Å². The number of likely N-dealkylation sites (tertiary alicyclic amines) is 1. The first-order chi connectivity index (χ1) is 9.70. The van der Waals surface area contributed by atoms with E-state index in [-0.39, 0.29) is 0 Å². The highest BCUT2D eigenvalue weighted by atomic mass is 16.2. The third-order valence-corrected chi connectivity index (χ3v) is 5.51. The van der Waals surface area contributed by atoms with Crippen LogP contribution >= 0.6 is 0 Å². The van der Waals surface area contributed by atoms with Gasteiger partial charge in [0.1, 0.15) is 0 Å². The van der Waals surface area contributed by atoms with Crippen molar-refractivity contribution in [2.24, 2.45) is 17.8 Å². The smallest absolute Gasteiger partial charge is 0.222 e. The quantitative estimate of drug-likeness (QED) is 0.838. The van der Waals surface area contributed by atoms with Crippen LogP contribution in [0.4, 0.5) is 0 Å². The van der Waals surface area contributed by atoms with E-state index < -0.39 is 0 Å². The largest absolute Gasteiger partial charge is 0.343 e. The molecule has 20 heavy (non-hydrogen) atoms. The summed E-state index contributed by atoms with van der Waals surface area (Å²) in [6.07, 6.45) is 9.82. The molecule has 1 N–H and O–H groups in total. The van der Waals surface area contributed by atoms with E-state index in [4.69, 9.17) is 0 Å². The van der Waals surface area contributed by atoms with E-state index in [9.17, 15) is 4.79 Å². The van der Waals surface area contributed by atoms with Crippen LogP contribution in [0.25, 0.3) is 0 Å². The summed E-state index contributed by atoms with van der Waals surface area (Å²) in [5.74, 6) is 2.89. The van der Waals surface area contributed by atoms with Crippen LogP contribution < -0.4 is 5.32 Å². The molecule has 3 nitrogen and oxygen atoms in total. The van der Waals surface area contributed by atoms with Gasteiger partial charge in [0.15, 0.2) is 0 Å². The van der Waals surface area contributed by atoms with Gasteiger partial charge in [-0.2, -0.15) is 0 Å². The summed E-state index contributed by atoms with van der Waals surface area (Å²) in [7, 11) is 0. The number of amides is 1. The molecule has 114 valence electrons. The molecule has 1 heterocycles. The molecule has 3 rings (SSSR count). The van der Waals surface area contributed by atoms with Crippen molar-refractivity contribution in [3.63, 3.8) is 0 Å². The van der Waals surface area contributed by atoms with Gasteiger partial charge in [0.2, 0.25) is 5.91 Å². The number of nitrogens with zero attached hydrogens (tertiary/aromatic N) is 1. The van der Waals surface area contributed by atoms with Crippen molar-refractivity contribution in [2.75, 3.05) is 19.6 Å². The van der Waals surface area contributed by atoms with E-state index >= 15 is 0 Å². The maximum atomic E-state index is 12.3. The van der Waals surface area contributed by atoms with Crippen molar-refractivity contribution < 1.29 is 4.79 Å². The molecule has 0 aromatic rings. The Morgan fingerprint density at radius 3 is 2.35 bits per heavy atom. The minimum Gasteiger partial charge on any atom is -0.343 e. The van der Waals surface area contributed by atoms with Crippen molar-refractivity contribution in [2.45, 2.75) is 64.3 Å². The number of piperidine rings is 1. The lowest BCUT2D eigenvalue weighted by Crippen LogP contribution is -2.45. The molecule has 0 spiro atoms. The number of nitrogens with one attached hydrogen (secondary N) is 1. The van der Waals surface area contributed by atoms with Gasteiger partial charge >= 0.3 is 0 Å². The number of carbonyl (C=O) groups is 1. The fraction of sp³-hybridized carbons (Fsp3) is 0.941. The summed E-state index contributed by atoms with van der Waals surface area (Å²) >= 11 is 0. The predicted octanol–water partition coefficient (Wildman–Crippen LogP) is 2.80. The van der Waals surface area contributed by atoms with E-state index in [1.165, 1.54) is 38.6 Å².